The van der Waals surface area contributed by atoms with E-state index in [2.05, 4.69) is 21.2 Å². The van der Waals surface area contributed by atoms with Gasteiger partial charge in [-0.1, -0.05) is 5.92 Å². The van der Waals surface area contributed by atoms with Crippen molar-refractivity contribution >= 4 is 5.91 Å². The van der Waals surface area contributed by atoms with Crippen molar-refractivity contribution in [2.45, 2.75) is 13.0 Å². The van der Waals surface area contributed by atoms with E-state index in [0.717, 1.165) is 0 Å². The van der Waals surface area contributed by atoms with Gasteiger partial charge in [0.2, 0.25) is 0 Å². The highest BCUT2D eigenvalue weighted by Gasteiger charge is 2.08. The Morgan fingerprint density at radius 1 is 1.77 bits per heavy atom. The number of aromatic nitrogens is 2. The van der Waals surface area contributed by atoms with Crippen LogP contribution in [0.5, 0.6) is 0 Å². The van der Waals surface area contributed by atoms with Crippen molar-refractivity contribution in [1.82, 2.24) is 15.3 Å². The van der Waals surface area contributed by atoms with Gasteiger partial charge in [0, 0.05) is 6.20 Å². The number of aromatic amines is 2. The molecular weight excluding hydrogens is 170 g/mol. The van der Waals surface area contributed by atoms with Gasteiger partial charge in [0.25, 0.3) is 5.91 Å². The van der Waals surface area contributed by atoms with Gasteiger partial charge in [0.05, 0.1) is 6.04 Å². The molecule has 1 aromatic rings. The predicted molar refractivity (Wildman–Crippen MR) is 47.2 cm³/mol. The Balaban J connectivity index is 2.71. The molecule has 1 unspecified atom stereocenters. The summed E-state index contributed by atoms with van der Waals surface area (Å²) < 4.78 is 0. The molecular formula is C8H9N3O2. The molecule has 0 saturated carbocycles. The number of hydrogen-bond acceptors (Lipinski definition) is 2. The normalized spacial score (nSPS) is 11.7. The third-order valence-electron chi connectivity index (χ3n) is 1.44. The fourth-order valence-electron chi connectivity index (χ4n) is 0.771. The van der Waals surface area contributed by atoms with Crippen LogP contribution in [0.15, 0.2) is 11.0 Å². The highest BCUT2D eigenvalue weighted by Crippen LogP contribution is 1.88. The molecule has 1 atom stereocenters. The van der Waals surface area contributed by atoms with Crippen LogP contribution in [0.3, 0.4) is 0 Å². The summed E-state index contributed by atoms with van der Waals surface area (Å²) in [5.41, 5.74) is -0.245. The number of H-pyrrole nitrogens is 2. The first kappa shape index (κ1) is 9.13. The summed E-state index contributed by atoms with van der Waals surface area (Å²) in [6.07, 6.45) is 6.35. The number of rotatable bonds is 2. The van der Waals surface area contributed by atoms with Crippen LogP contribution in [-0.4, -0.2) is 21.9 Å². The van der Waals surface area contributed by atoms with Gasteiger partial charge in [-0.25, -0.2) is 4.79 Å². The minimum atomic E-state index is -0.418. The fraction of sp³-hybridized carbons (Fsp3) is 0.250. The molecule has 1 rings (SSSR count). The van der Waals surface area contributed by atoms with Crippen molar-refractivity contribution < 1.29 is 4.79 Å². The van der Waals surface area contributed by atoms with Crippen molar-refractivity contribution in [2.24, 2.45) is 0 Å². The van der Waals surface area contributed by atoms with Gasteiger partial charge in [0.1, 0.15) is 5.69 Å². The molecule has 1 aromatic heterocycles. The van der Waals surface area contributed by atoms with Gasteiger partial charge in [-0.3, -0.25) is 4.79 Å². The van der Waals surface area contributed by atoms with Crippen LogP contribution in [0.4, 0.5) is 0 Å². The Kier molecular flexibility index (Phi) is 2.55. The van der Waals surface area contributed by atoms with E-state index in [-0.39, 0.29) is 11.7 Å². The second-order valence-corrected chi connectivity index (χ2v) is 2.52. The second kappa shape index (κ2) is 3.63. The SMILES string of the molecule is C#CC(C)NC(=O)c1c[nH]c(=O)[nH]1. The maximum absolute atomic E-state index is 11.2. The van der Waals surface area contributed by atoms with E-state index in [1.165, 1.54) is 6.20 Å². The number of nitrogens with one attached hydrogen (secondary N) is 3. The Hall–Kier alpha value is -1.96. The van der Waals surface area contributed by atoms with Crippen LogP contribution < -0.4 is 11.0 Å². The average Bonchev–Trinajstić information content (AvgIpc) is 2.51. The molecule has 1 amide bonds. The van der Waals surface area contributed by atoms with Crippen molar-refractivity contribution in [3.8, 4) is 12.3 Å². The Morgan fingerprint density at radius 3 is 2.92 bits per heavy atom. The Labute approximate surface area is 74.6 Å². The van der Waals surface area contributed by atoms with E-state index >= 15 is 0 Å². The number of carbonyl (C=O) groups excluding carboxylic acids is 1. The first-order chi connectivity index (χ1) is 6.13. The smallest absolute Gasteiger partial charge is 0.323 e. The van der Waals surface area contributed by atoms with Crippen LogP contribution in [0, 0.1) is 12.3 Å². The molecule has 68 valence electrons. The molecule has 1 heterocycles. The third kappa shape index (κ3) is 2.24. The lowest BCUT2D eigenvalue weighted by atomic mass is 10.3. The van der Waals surface area contributed by atoms with E-state index in [1.54, 1.807) is 6.92 Å². The molecule has 0 radical (unpaired) electrons. The molecule has 0 aliphatic heterocycles. The number of terminal acetylenes is 1. The average molecular weight is 179 g/mol. The van der Waals surface area contributed by atoms with E-state index in [0.29, 0.717) is 0 Å². The first-order valence-corrected chi connectivity index (χ1v) is 3.68. The molecule has 3 N–H and O–H groups in total. The molecule has 0 spiro atoms. The highest BCUT2D eigenvalue weighted by atomic mass is 16.2. The molecule has 13 heavy (non-hydrogen) atoms. The molecule has 0 aromatic carbocycles. The molecule has 5 nitrogen and oxygen atoms in total. The van der Waals surface area contributed by atoms with Gasteiger partial charge in [-0.15, -0.1) is 6.42 Å². The van der Waals surface area contributed by atoms with Crippen molar-refractivity contribution in [1.29, 1.82) is 0 Å². The van der Waals surface area contributed by atoms with Crippen molar-refractivity contribution in [2.75, 3.05) is 0 Å². The van der Waals surface area contributed by atoms with E-state index in [4.69, 9.17) is 6.42 Å². The summed E-state index contributed by atoms with van der Waals surface area (Å²) in [5, 5.41) is 2.49. The van der Waals surface area contributed by atoms with Gasteiger partial charge in [-0.05, 0) is 6.92 Å². The zero-order valence-corrected chi connectivity index (χ0v) is 7.05. The minimum absolute atomic E-state index is 0.173. The van der Waals surface area contributed by atoms with Crippen molar-refractivity contribution in [3.05, 3.63) is 22.4 Å². The molecule has 5 heteroatoms. The van der Waals surface area contributed by atoms with Gasteiger partial charge in [-0.2, -0.15) is 0 Å². The Bertz CT molecular complexity index is 396. The predicted octanol–water partition coefficient (Wildman–Crippen LogP) is -0.546. The summed E-state index contributed by atoms with van der Waals surface area (Å²) in [4.78, 5) is 26.5. The molecule has 0 fully saturated rings. The summed E-state index contributed by atoms with van der Waals surface area (Å²) in [5.74, 6) is 1.94. The number of amides is 1. The minimum Gasteiger partial charge on any atom is -0.337 e. The van der Waals surface area contributed by atoms with E-state index < -0.39 is 11.6 Å². The van der Waals surface area contributed by atoms with Crippen LogP contribution in [-0.2, 0) is 0 Å². The number of carbonyl (C=O) groups is 1. The van der Waals surface area contributed by atoms with Crippen LogP contribution in [0.1, 0.15) is 17.4 Å². The standard InChI is InChI=1S/C8H9N3O2/c1-3-5(2)10-7(12)6-4-9-8(13)11-6/h1,4-5H,2H3,(H,10,12)(H2,9,11,13). The maximum Gasteiger partial charge on any atom is 0.323 e. The monoisotopic (exact) mass is 179 g/mol. The molecule has 0 aliphatic carbocycles. The first-order valence-electron chi connectivity index (χ1n) is 3.68. The van der Waals surface area contributed by atoms with Crippen molar-refractivity contribution in [3.63, 3.8) is 0 Å². The molecule has 0 saturated heterocycles. The lowest BCUT2D eigenvalue weighted by Crippen LogP contribution is -2.31. The third-order valence-corrected chi connectivity index (χ3v) is 1.44. The topological polar surface area (TPSA) is 77.8 Å². The summed E-state index contributed by atoms with van der Waals surface area (Å²) in [7, 11) is 0. The highest BCUT2D eigenvalue weighted by molar-refractivity contribution is 5.92. The van der Waals surface area contributed by atoms with Crippen LogP contribution in [0.2, 0.25) is 0 Å². The van der Waals surface area contributed by atoms with Crippen LogP contribution >= 0.6 is 0 Å². The van der Waals surface area contributed by atoms with Gasteiger partial charge >= 0.3 is 5.69 Å². The van der Waals surface area contributed by atoms with E-state index in [1.807, 2.05) is 0 Å². The largest absolute Gasteiger partial charge is 0.337 e. The van der Waals surface area contributed by atoms with Gasteiger partial charge in [0.15, 0.2) is 0 Å². The van der Waals surface area contributed by atoms with Gasteiger partial charge < -0.3 is 15.3 Å². The quantitative estimate of drug-likeness (QED) is 0.533. The molecule has 0 bridgehead atoms. The Morgan fingerprint density at radius 2 is 2.46 bits per heavy atom. The summed E-state index contributed by atoms with van der Waals surface area (Å²) >= 11 is 0. The number of imidazole rings is 1. The zero-order chi connectivity index (χ0) is 9.84. The summed E-state index contributed by atoms with van der Waals surface area (Å²) in [6, 6.07) is -0.356. The fourth-order valence-corrected chi connectivity index (χ4v) is 0.771. The second-order valence-electron chi connectivity index (χ2n) is 2.52. The lowest BCUT2D eigenvalue weighted by molar-refractivity contribution is 0.0943. The van der Waals surface area contributed by atoms with E-state index in [9.17, 15) is 9.59 Å². The number of hydrogen-bond donors (Lipinski definition) is 3. The zero-order valence-electron chi connectivity index (χ0n) is 7.05. The van der Waals surface area contributed by atoms with Crippen LogP contribution in [0.25, 0.3) is 0 Å². The molecule has 0 aliphatic rings. The maximum atomic E-state index is 11.2. The lowest BCUT2D eigenvalue weighted by Gasteiger charge is -2.04. The summed E-state index contributed by atoms with van der Waals surface area (Å²) in [6.45, 7) is 1.67.